The lowest BCUT2D eigenvalue weighted by Crippen LogP contribution is -2.13. The van der Waals surface area contributed by atoms with Gasteiger partial charge in [0.1, 0.15) is 28.8 Å². The summed E-state index contributed by atoms with van der Waals surface area (Å²) in [5, 5.41) is 0.760. The van der Waals surface area contributed by atoms with Gasteiger partial charge in [-0.1, -0.05) is 25.1 Å². The van der Waals surface area contributed by atoms with E-state index < -0.39 is 0 Å². The van der Waals surface area contributed by atoms with Crippen molar-refractivity contribution < 1.29 is 9.13 Å². The molecule has 30 heavy (non-hydrogen) atoms. The van der Waals surface area contributed by atoms with Crippen LogP contribution in [0.1, 0.15) is 29.3 Å². The molecule has 1 unspecified atom stereocenters. The molecule has 1 aliphatic carbocycles. The zero-order valence-corrected chi connectivity index (χ0v) is 17.4. The third kappa shape index (κ3) is 3.52. The van der Waals surface area contributed by atoms with Crippen LogP contribution >= 0.6 is 11.3 Å². The Morgan fingerprint density at radius 2 is 2.00 bits per heavy atom. The van der Waals surface area contributed by atoms with E-state index >= 15 is 0 Å². The summed E-state index contributed by atoms with van der Waals surface area (Å²) in [6.07, 6.45) is 3.10. The Bertz CT molecular complexity index is 1280. The lowest BCUT2D eigenvalue weighted by Gasteiger charge is -2.17. The van der Waals surface area contributed by atoms with Crippen molar-refractivity contribution in [2.45, 2.75) is 32.8 Å². The number of fused-ring (bicyclic) bond motifs is 3. The van der Waals surface area contributed by atoms with E-state index in [4.69, 9.17) is 9.72 Å². The molecule has 1 aliphatic rings. The van der Waals surface area contributed by atoms with Gasteiger partial charge in [0, 0.05) is 16.0 Å². The number of nitrogens with one attached hydrogen (secondary N) is 1. The number of aromatic amines is 1. The summed E-state index contributed by atoms with van der Waals surface area (Å²) in [4.78, 5) is 22.6. The van der Waals surface area contributed by atoms with Crippen LogP contribution in [-0.4, -0.2) is 9.97 Å². The first-order valence-corrected chi connectivity index (χ1v) is 10.9. The fourth-order valence-corrected chi connectivity index (χ4v) is 5.35. The predicted octanol–water partition coefficient (Wildman–Crippen LogP) is 5.49. The molecule has 1 N–H and O–H groups in total. The standard InChI is InChI=1S/C24H21FN2O2S/c1-14-6-11-18-20(12-14)30-24-21(18)23(28)26-22(27-24)15-7-9-17(10-8-15)29-13-16-4-2-3-5-19(16)25/h2-5,7-10,14H,6,11-13H2,1H3,(H,26,27,28). The van der Waals surface area contributed by atoms with Crippen LogP contribution in [0.4, 0.5) is 4.39 Å². The fraction of sp³-hybridized carbons (Fsp3) is 0.250. The quantitative estimate of drug-likeness (QED) is 0.475. The summed E-state index contributed by atoms with van der Waals surface area (Å²) in [5.41, 5.74) is 2.44. The molecular weight excluding hydrogens is 399 g/mol. The highest BCUT2D eigenvalue weighted by Crippen LogP contribution is 2.36. The van der Waals surface area contributed by atoms with Gasteiger partial charge in [-0.25, -0.2) is 9.37 Å². The van der Waals surface area contributed by atoms with Crippen LogP contribution in [-0.2, 0) is 19.4 Å². The minimum atomic E-state index is -0.280. The summed E-state index contributed by atoms with van der Waals surface area (Å²) in [6.45, 7) is 2.42. The molecule has 0 fully saturated rings. The van der Waals surface area contributed by atoms with E-state index in [1.807, 2.05) is 24.3 Å². The largest absolute Gasteiger partial charge is 0.489 e. The molecule has 2 aromatic heterocycles. The van der Waals surface area contributed by atoms with Gasteiger partial charge in [0.25, 0.3) is 5.56 Å². The Morgan fingerprint density at radius 3 is 2.80 bits per heavy atom. The lowest BCUT2D eigenvalue weighted by molar-refractivity contribution is 0.300. The first-order chi connectivity index (χ1) is 14.6. The third-order valence-corrected chi connectivity index (χ3v) is 6.79. The smallest absolute Gasteiger partial charge is 0.260 e. The summed E-state index contributed by atoms with van der Waals surface area (Å²) in [7, 11) is 0. The van der Waals surface area contributed by atoms with Crippen LogP contribution in [0.2, 0.25) is 0 Å². The number of halogens is 1. The Morgan fingerprint density at radius 1 is 1.20 bits per heavy atom. The number of nitrogens with zero attached hydrogens (tertiary/aromatic N) is 1. The summed E-state index contributed by atoms with van der Waals surface area (Å²) in [5.74, 6) is 1.56. The monoisotopic (exact) mass is 420 g/mol. The van der Waals surface area contributed by atoms with Gasteiger partial charge in [0.05, 0.1) is 5.39 Å². The SMILES string of the molecule is CC1CCc2c(sc3nc(-c4ccc(OCc5ccccc5F)cc4)[nH]c(=O)c23)C1. The van der Waals surface area contributed by atoms with Gasteiger partial charge in [-0.15, -0.1) is 11.3 Å². The first kappa shape index (κ1) is 19.0. The molecule has 0 bridgehead atoms. The minimum Gasteiger partial charge on any atom is -0.489 e. The maximum absolute atomic E-state index is 13.7. The van der Waals surface area contributed by atoms with Crippen LogP contribution in [0.3, 0.4) is 0 Å². The van der Waals surface area contributed by atoms with Gasteiger partial charge in [0.2, 0.25) is 0 Å². The van der Waals surface area contributed by atoms with Gasteiger partial charge in [-0.2, -0.15) is 0 Å². The topological polar surface area (TPSA) is 55.0 Å². The molecule has 0 amide bonds. The van der Waals surface area contributed by atoms with Crippen LogP contribution in [0.15, 0.2) is 53.3 Å². The summed E-state index contributed by atoms with van der Waals surface area (Å²) in [6, 6.07) is 13.9. The highest BCUT2D eigenvalue weighted by Gasteiger charge is 2.23. The maximum atomic E-state index is 13.7. The maximum Gasteiger partial charge on any atom is 0.260 e. The van der Waals surface area contributed by atoms with Crippen molar-refractivity contribution >= 4 is 21.6 Å². The van der Waals surface area contributed by atoms with Crippen molar-refractivity contribution in [3.05, 3.63) is 80.7 Å². The Labute approximate surface area is 177 Å². The predicted molar refractivity (Wildman–Crippen MR) is 118 cm³/mol. The lowest BCUT2D eigenvalue weighted by atomic mass is 9.89. The van der Waals surface area contributed by atoms with Crippen molar-refractivity contribution in [3.63, 3.8) is 0 Å². The van der Waals surface area contributed by atoms with Gasteiger partial charge in [-0.3, -0.25) is 4.79 Å². The van der Waals surface area contributed by atoms with Crippen LogP contribution in [0.25, 0.3) is 21.6 Å². The highest BCUT2D eigenvalue weighted by atomic mass is 32.1. The van der Waals surface area contributed by atoms with Crippen LogP contribution in [0.5, 0.6) is 5.75 Å². The molecule has 4 aromatic rings. The first-order valence-electron chi connectivity index (χ1n) is 10.1. The molecule has 5 rings (SSSR count). The second kappa shape index (κ2) is 7.69. The van der Waals surface area contributed by atoms with E-state index in [0.717, 1.165) is 35.0 Å². The number of aryl methyl sites for hydroxylation is 1. The molecule has 2 heterocycles. The van der Waals surface area contributed by atoms with Gasteiger partial charge >= 0.3 is 0 Å². The van der Waals surface area contributed by atoms with E-state index in [1.165, 1.54) is 16.5 Å². The van der Waals surface area contributed by atoms with Crippen LogP contribution < -0.4 is 10.3 Å². The van der Waals surface area contributed by atoms with Crippen molar-refractivity contribution in [1.82, 2.24) is 9.97 Å². The molecule has 0 radical (unpaired) electrons. The Hall–Kier alpha value is -2.99. The number of ether oxygens (including phenoxy) is 1. The average molecular weight is 421 g/mol. The molecule has 0 saturated heterocycles. The number of aromatic nitrogens is 2. The Balaban J connectivity index is 1.40. The van der Waals surface area contributed by atoms with E-state index in [2.05, 4.69) is 11.9 Å². The second-order valence-corrected chi connectivity index (χ2v) is 8.93. The van der Waals surface area contributed by atoms with E-state index in [1.54, 1.807) is 29.5 Å². The summed E-state index contributed by atoms with van der Waals surface area (Å²) >= 11 is 1.65. The molecular formula is C24H21FN2O2S. The number of benzene rings is 2. The summed E-state index contributed by atoms with van der Waals surface area (Å²) < 4.78 is 19.4. The van der Waals surface area contributed by atoms with Crippen LogP contribution in [0, 0.1) is 11.7 Å². The van der Waals surface area contributed by atoms with Crippen molar-refractivity contribution in [2.75, 3.05) is 0 Å². The average Bonchev–Trinajstić information content (AvgIpc) is 3.11. The normalized spacial score (nSPS) is 15.9. The molecule has 0 aliphatic heterocycles. The number of thiophene rings is 1. The minimum absolute atomic E-state index is 0.0677. The number of hydrogen-bond donors (Lipinski definition) is 1. The molecule has 1 atom stereocenters. The molecule has 152 valence electrons. The number of H-pyrrole nitrogens is 1. The van der Waals surface area contributed by atoms with E-state index in [-0.39, 0.29) is 18.0 Å². The molecule has 2 aromatic carbocycles. The zero-order valence-electron chi connectivity index (χ0n) is 16.6. The van der Waals surface area contributed by atoms with E-state index in [9.17, 15) is 9.18 Å². The van der Waals surface area contributed by atoms with Gasteiger partial charge in [0.15, 0.2) is 0 Å². The number of rotatable bonds is 4. The zero-order chi connectivity index (χ0) is 20.7. The molecule has 4 nitrogen and oxygen atoms in total. The highest BCUT2D eigenvalue weighted by molar-refractivity contribution is 7.18. The van der Waals surface area contributed by atoms with Gasteiger partial charge in [-0.05, 0) is 61.1 Å². The Kier molecular flexibility index (Phi) is 4.87. The van der Waals surface area contributed by atoms with Crippen molar-refractivity contribution in [3.8, 4) is 17.1 Å². The van der Waals surface area contributed by atoms with E-state index in [0.29, 0.717) is 23.1 Å². The molecule has 0 saturated carbocycles. The fourth-order valence-electron chi connectivity index (χ4n) is 3.97. The third-order valence-electron chi connectivity index (χ3n) is 5.65. The number of hydrogen-bond acceptors (Lipinski definition) is 4. The van der Waals surface area contributed by atoms with Gasteiger partial charge < -0.3 is 9.72 Å². The van der Waals surface area contributed by atoms with Crippen molar-refractivity contribution in [2.24, 2.45) is 5.92 Å². The second-order valence-electron chi connectivity index (χ2n) is 7.85. The molecule has 0 spiro atoms. The molecule has 6 heteroatoms. The van der Waals surface area contributed by atoms with Crippen molar-refractivity contribution in [1.29, 1.82) is 0 Å².